The molecule has 2 N–H and O–H groups in total. The molecule has 0 saturated heterocycles. The highest BCUT2D eigenvalue weighted by Crippen LogP contribution is 2.20. The van der Waals surface area contributed by atoms with Crippen molar-refractivity contribution in [1.29, 1.82) is 0 Å². The lowest BCUT2D eigenvalue weighted by Crippen LogP contribution is -2.15. The van der Waals surface area contributed by atoms with Crippen LogP contribution in [0.1, 0.15) is 17.0 Å². The quantitative estimate of drug-likeness (QED) is 0.842. The Labute approximate surface area is 116 Å². The molecule has 2 rings (SSSR count). The SMILES string of the molecule is Cc1nc(SCC(=O)Nc2c(C)cccc2C)n[nH]1. The molecule has 0 aliphatic rings. The topological polar surface area (TPSA) is 70.7 Å². The highest BCUT2D eigenvalue weighted by Gasteiger charge is 2.09. The van der Waals surface area contributed by atoms with Crippen molar-refractivity contribution in [3.63, 3.8) is 0 Å². The summed E-state index contributed by atoms with van der Waals surface area (Å²) in [6.07, 6.45) is 0. The van der Waals surface area contributed by atoms with Crippen LogP contribution in [0.3, 0.4) is 0 Å². The van der Waals surface area contributed by atoms with E-state index in [0.29, 0.717) is 10.9 Å². The van der Waals surface area contributed by atoms with Crippen LogP contribution in [0.25, 0.3) is 0 Å². The van der Waals surface area contributed by atoms with Crippen molar-refractivity contribution in [2.45, 2.75) is 25.9 Å². The van der Waals surface area contributed by atoms with Crippen molar-refractivity contribution < 1.29 is 4.79 Å². The van der Waals surface area contributed by atoms with Crippen LogP contribution in [-0.4, -0.2) is 26.8 Å². The third-order valence-electron chi connectivity index (χ3n) is 2.65. The molecule has 2 aromatic rings. The first-order chi connectivity index (χ1) is 9.06. The van der Waals surface area contributed by atoms with Gasteiger partial charge in [-0.15, -0.1) is 5.10 Å². The van der Waals surface area contributed by atoms with Gasteiger partial charge in [-0.05, 0) is 31.9 Å². The van der Waals surface area contributed by atoms with Gasteiger partial charge in [0.2, 0.25) is 11.1 Å². The molecule has 0 fully saturated rings. The fourth-order valence-electron chi connectivity index (χ4n) is 1.70. The maximum atomic E-state index is 11.9. The molecule has 0 radical (unpaired) electrons. The molecule has 0 atom stereocenters. The molecule has 1 aromatic heterocycles. The van der Waals surface area contributed by atoms with Crippen LogP contribution in [-0.2, 0) is 4.79 Å². The van der Waals surface area contributed by atoms with Crippen molar-refractivity contribution in [2.24, 2.45) is 0 Å². The zero-order chi connectivity index (χ0) is 13.8. The number of para-hydroxylation sites is 1. The Bertz CT molecular complexity index is 574. The number of hydrogen-bond donors (Lipinski definition) is 2. The third kappa shape index (κ3) is 3.57. The number of nitrogens with one attached hydrogen (secondary N) is 2. The molecule has 0 spiro atoms. The van der Waals surface area contributed by atoms with Crippen LogP contribution in [0.4, 0.5) is 5.69 Å². The summed E-state index contributed by atoms with van der Waals surface area (Å²) in [7, 11) is 0. The molecule has 0 saturated carbocycles. The molecule has 5 nitrogen and oxygen atoms in total. The number of thioether (sulfide) groups is 1. The average molecular weight is 276 g/mol. The van der Waals surface area contributed by atoms with Gasteiger partial charge in [-0.3, -0.25) is 9.89 Å². The number of H-pyrrole nitrogens is 1. The Balaban J connectivity index is 1.94. The summed E-state index contributed by atoms with van der Waals surface area (Å²) in [5, 5.41) is 10.2. The van der Waals surface area contributed by atoms with E-state index >= 15 is 0 Å². The molecule has 0 bridgehead atoms. The summed E-state index contributed by atoms with van der Waals surface area (Å²) in [5.41, 5.74) is 3.01. The normalized spacial score (nSPS) is 10.5. The van der Waals surface area contributed by atoms with Crippen LogP contribution in [0.15, 0.2) is 23.4 Å². The summed E-state index contributed by atoms with van der Waals surface area (Å²) >= 11 is 1.31. The van der Waals surface area contributed by atoms with Crippen LogP contribution >= 0.6 is 11.8 Å². The standard InChI is InChI=1S/C13H16N4OS/c1-8-5-4-6-9(2)12(8)15-11(18)7-19-13-14-10(3)16-17-13/h4-6H,7H2,1-3H3,(H,15,18)(H,14,16,17). The lowest BCUT2D eigenvalue weighted by Gasteiger charge is -2.10. The minimum atomic E-state index is -0.0511. The van der Waals surface area contributed by atoms with Gasteiger partial charge in [0.1, 0.15) is 5.82 Å². The van der Waals surface area contributed by atoms with E-state index in [1.165, 1.54) is 11.8 Å². The lowest BCUT2D eigenvalue weighted by molar-refractivity contribution is -0.113. The van der Waals surface area contributed by atoms with Gasteiger partial charge in [0.15, 0.2) is 0 Å². The van der Waals surface area contributed by atoms with Crippen molar-refractivity contribution >= 4 is 23.4 Å². The average Bonchev–Trinajstić information content (AvgIpc) is 2.77. The fraction of sp³-hybridized carbons (Fsp3) is 0.308. The molecule has 1 heterocycles. The van der Waals surface area contributed by atoms with Gasteiger partial charge in [0, 0.05) is 5.69 Å². The number of benzene rings is 1. The van der Waals surface area contributed by atoms with Crippen molar-refractivity contribution in [3.8, 4) is 0 Å². The van der Waals surface area contributed by atoms with Gasteiger partial charge in [0.05, 0.1) is 5.75 Å². The molecule has 100 valence electrons. The largest absolute Gasteiger partial charge is 0.325 e. The number of rotatable bonds is 4. The summed E-state index contributed by atoms with van der Waals surface area (Å²) < 4.78 is 0. The monoisotopic (exact) mass is 276 g/mol. The van der Waals surface area contributed by atoms with E-state index < -0.39 is 0 Å². The first-order valence-electron chi connectivity index (χ1n) is 5.94. The van der Waals surface area contributed by atoms with Crippen LogP contribution in [0.2, 0.25) is 0 Å². The third-order valence-corrected chi connectivity index (χ3v) is 3.50. The van der Waals surface area contributed by atoms with E-state index in [0.717, 1.165) is 22.6 Å². The molecule has 1 aromatic carbocycles. The number of aromatic nitrogens is 3. The Kier molecular flexibility index (Phi) is 4.21. The molecule has 0 unspecified atom stereocenters. The number of carbonyl (C=O) groups is 1. The first-order valence-corrected chi connectivity index (χ1v) is 6.92. The highest BCUT2D eigenvalue weighted by molar-refractivity contribution is 7.99. The second-order valence-electron chi connectivity index (χ2n) is 4.31. The zero-order valence-corrected chi connectivity index (χ0v) is 12.0. The summed E-state index contributed by atoms with van der Waals surface area (Å²) in [6.45, 7) is 5.79. The van der Waals surface area contributed by atoms with Gasteiger partial charge in [-0.25, -0.2) is 4.98 Å². The first kappa shape index (κ1) is 13.6. The van der Waals surface area contributed by atoms with E-state index in [-0.39, 0.29) is 5.91 Å². The minimum Gasteiger partial charge on any atom is -0.325 e. The second kappa shape index (κ2) is 5.88. The number of nitrogens with zero attached hydrogens (tertiary/aromatic N) is 2. The summed E-state index contributed by atoms with van der Waals surface area (Å²) in [6, 6.07) is 5.94. The zero-order valence-electron chi connectivity index (χ0n) is 11.2. The van der Waals surface area contributed by atoms with Gasteiger partial charge < -0.3 is 5.32 Å². The second-order valence-corrected chi connectivity index (χ2v) is 5.25. The van der Waals surface area contributed by atoms with E-state index in [1.54, 1.807) is 0 Å². The van der Waals surface area contributed by atoms with Crippen LogP contribution in [0.5, 0.6) is 0 Å². The molecular weight excluding hydrogens is 260 g/mol. The minimum absolute atomic E-state index is 0.0511. The Morgan fingerprint density at radius 1 is 1.32 bits per heavy atom. The Morgan fingerprint density at radius 2 is 2.00 bits per heavy atom. The Morgan fingerprint density at radius 3 is 2.58 bits per heavy atom. The number of aromatic amines is 1. The predicted molar refractivity (Wildman–Crippen MR) is 76.4 cm³/mol. The van der Waals surface area contributed by atoms with Gasteiger partial charge >= 0.3 is 0 Å². The molecular formula is C13H16N4OS. The smallest absolute Gasteiger partial charge is 0.234 e. The summed E-state index contributed by atoms with van der Waals surface area (Å²) in [5.74, 6) is 0.993. The fourth-order valence-corrected chi connectivity index (χ4v) is 2.35. The number of hydrogen-bond acceptors (Lipinski definition) is 4. The lowest BCUT2D eigenvalue weighted by atomic mass is 10.1. The molecule has 0 aliphatic heterocycles. The molecule has 0 aliphatic carbocycles. The Hall–Kier alpha value is -1.82. The number of anilines is 1. The van der Waals surface area contributed by atoms with Crippen LogP contribution < -0.4 is 5.32 Å². The van der Waals surface area contributed by atoms with Gasteiger partial charge in [-0.2, -0.15) is 0 Å². The van der Waals surface area contributed by atoms with E-state index in [2.05, 4.69) is 20.5 Å². The maximum absolute atomic E-state index is 11.9. The molecule has 1 amide bonds. The van der Waals surface area contributed by atoms with Crippen molar-refractivity contribution in [2.75, 3.05) is 11.1 Å². The van der Waals surface area contributed by atoms with Crippen molar-refractivity contribution in [1.82, 2.24) is 15.2 Å². The van der Waals surface area contributed by atoms with E-state index in [4.69, 9.17) is 0 Å². The number of carbonyl (C=O) groups excluding carboxylic acids is 1. The van der Waals surface area contributed by atoms with Gasteiger partial charge in [0.25, 0.3) is 0 Å². The van der Waals surface area contributed by atoms with E-state index in [1.807, 2.05) is 39.0 Å². The van der Waals surface area contributed by atoms with Gasteiger partial charge in [-0.1, -0.05) is 30.0 Å². The van der Waals surface area contributed by atoms with Crippen molar-refractivity contribution in [3.05, 3.63) is 35.2 Å². The number of aryl methyl sites for hydroxylation is 3. The van der Waals surface area contributed by atoms with Crippen LogP contribution in [0, 0.1) is 20.8 Å². The molecule has 6 heteroatoms. The number of amides is 1. The highest BCUT2D eigenvalue weighted by atomic mass is 32.2. The molecule has 19 heavy (non-hydrogen) atoms. The summed E-state index contributed by atoms with van der Waals surface area (Å²) in [4.78, 5) is 16.0. The maximum Gasteiger partial charge on any atom is 0.234 e. The predicted octanol–water partition coefficient (Wildman–Crippen LogP) is 2.46. The van der Waals surface area contributed by atoms with E-state index in [9.17, 15) is 4.79 Å².